The third kappa shape index (κ3) is 3.14. The quantitative estimate of drug-likeness (QED) is 0.725. The predicted octanol–water partition coefficient (Wildman–Crippen LogP) is 2.64. The Labute approximate surface area is 86.1 Å². The first-order valence-corrected chi connectivity index (χ1v) is 5.27. The Kier molecular flexibility index (Phi) is 4.14. The largest absolute Gasteiger partial charge is 0.361 e. The van der Waals surface area contributed by atoms with Crippen LogP contribution in [0, 0.1) is 0 Å². The Morgan fingerprint density at radius 3 is 2.71 bits per heavy atom. The van der Waals surface area contributed by atoms with Crippen LogP contribution in [-0.4, -0.2) is 23.6 Å². The van der Waals surface area contributed by atoms with Crippen molar-refractivity contribution in [3.63, 3.8) is 0 Å². The molecular weight excluding hydrogens is 176 g/mol. The average molecular weight is 196 g/mol. The zero-order chi connectivity index (χ0) is 10.6. The molecule has 3 heteroatoms. The maximum absolute atomic E-state index is 5.23. The third-order valence-electron chi connectivity index (χ3n) is 2.18. The van der Waals surface area contributed by atoms with E-state index in [0.717, 1.165) is 24.5 Å². The maximum Gasteiger partial charge on any atom is 0.139 e. The molecule has 1 heterocycles. The summed E-state index contributed by atoms with van der Waals surface area (Å²) in [5.41, 5.74) is 1.03. The molecule has 0 saturated heterocycles. The Morgan fingerprint density at radius 2 is 2.21 bits per heavy atom. The highest BCUT2D eigenvalue weighted by atomic mass is 16.5. The van der Waals surface area contributed by atoms with Crippen molar-refractivity contribution in [1.82, 2.24) is 10.1 Å². The minimum absolute atomic E-state index is 0.424. The molecule has 0 unspecified atom stereocenters. The Hall–Kier alpha value is -0.830. The summed E-state index contributed by atoms with van der Waals surface area (Å²) in [6.07, 6.45) is 1.17. The smallest absolute Gasteiger partial charge is 0.139 e. The summed E-state index contributed by atoms with van der Waals surface area (Å²) >= 11 is 0. The molecule has 0 atom stereocenters. The summed E-state index contributed by atoms with van der Waals surface area (Å²) in [7, 11) is 2.10. The summed E-state index contributed by atoms with van der Waals surface area (Å²) in [4.78, 5) is 2.25. The van der Waals surface area contributed by atoms with Gasteiger partial charge in [-0.25, -0.2) is 0 Å². The van der Waals surface area contributed by atoms with Gasteiger partial charge in [0.15, 0.2) is 0 Å². The highest BCUT2D eigenvalue weighted by molar-refractivity contribution is 5.08. The number of rotatable bonds is 5. The normalized spacial score (nSPS) is 11.6. The van der Waals surface area contributed by atoms with Crippen LogP contribution in [0.15, 0.2) is 10.6 Å². The van der Waals surface area contributed by atoms with E-state index in [2.05, 4.69) is 43.9 Å². The summed E-state index contributed by atoms with van der Waals surface area (Å²) < 4.78 is 5.23. The monoisotopic (exact) mass is 196 g/mol. The van der Waals surface area contributed by atoms with Gasteiger partial charge < -0.3 is 9.42 Å². The van der Waals surface area contributed by atoms with Crippen LogP contribution in [0.2, 0.25) is 0 Å². The molecule has 0 N–H and O–H groups in total. The van der Waals surface area contributed by atoms with Crippen molar-refractivity contribution < 1.29 is 4.52 Å². The topological polar surface area (TPSA) is 29.3 Å². The first-order chi connectivity index (χ1) is 6.63. The lowest BCUT2D eigenvalue weighted by Crippen LogP contribution is -2.18. The molecule has 0 saturated carbocycles. The fourth-order valence-corrected chi connectivity index (χ4v) is 1.41. The second-order valence-corrected chi connectivity index (χ2v) is 4.11. The second-order valence-electron chi connectivity index (χ2n) is 4.11. The zero-order valence-corrected chi connectivity index (χ0v) is 9.58. The van der Waals surface area contributed by atoms with Gasteiger partial charge in [-0.2, -0.15) is 0 Å². The van der Waals surface area contributed by atoms with Crippen LogP contribution in [0.3, 0.4) is 0 Å². The van der Waals surface area contributed by atoms with Crippen molar-refractivity contribution in [2.24, 2.45) is 0 Å². The second kappa shape index (κ2) is 5.15. The molecule has 0 bridgehead atoms. The molecule has 0 fully saturated rings. The lowest BCUT2D eigenvalue weighted by molar-refractivity contribution is 0.306. The zero-order valence-electron chi connectivity index (χ0n) is 9.58. The summed E-state index contributed by atoms with van der Waals surface area (Å²) in [5.74, 6) is 1.40. The van der Waals surface area contributed by atoms with E-state index < -0.39 is 0 Å². The fourth-order valence-electron chi connectivity index (χ4n) is 1.41. The van der Waals surface area contributed by atoms with Crippen molar-refractivity contribution in [2.75, 3.05) is 13.6 Å². The first kappa shape index (κ1) is 11.2. The average Bonchev–Trinajstić information content (AvgIpc) is 2.53. The van der Waals surface area contributed by atoms with Gasteiger partial charge in [0.1, 0.15) is 5.76 Å². The molecule has 3 nitrogen and oxygen atoms in total. The van der Waals surface area contributed by atoms with Crippen molar-refractivity contribution in [2.45, 2.75) is 39.7 Å². The van der Waals surface area contributed by atoms with E-state index in [-0.39, 0.29) is 0 Å². The molecule has 14 heavy (non-hydrogen) atoms. The Bertz CT molecular complexity index is 268. The summed E-state index contributed by atoms with van der Waals surface area (Å²) in [6.45, 7) is 8.38. The van der Waals surface area contributed by atoms with Crippen LogP contribution in [0.1, 0.15) is 44.6 Å². The van der Waals surface area contributed by atoms with Crippen LogP contribution in [-0.2, 0) is 6.54 Å². The fraction of sp³-hybridized carbons (Fsp3) is 0.727. The van der Waals surface area contributed by atoms with Gasteiger partial charge in [-0.1, -0.05) is 25.9 Å². The molecule has 1 aromatic rings. The van der Waals surface area contributed by atoms with E-state index in [0.29, 0.717) is 5.92 Å². The standard InChI is InChI=1S/C11H20N2O/c1-5-6-13(4)8-10-7-11(9(2)3)14-12-10/h7,9H,5-6,8H2,1-4H3. The van der Waals surface area contributed by atoms with Crippen LogP contribution in [0.4, 0.5) is 0 Å². The highest BCUT2D eigenvalue weighted by Gasteiger charge is 2.08. The van der Waals surface area contributed by atoms with Crippen LogP contribution < -0.4 is 0 Å². The molecule has 0 aliphatic carbocycles. The van der Waals surface area contributed by atoms with Gasteiger partial charge in [0.2, 0.25) is 0 Å². The summed E-state index contributed by atoms with van der Waals surface area (Å²) in [5, 5.41) is 4.04. The van der Waals surface area contributed by atoms with E-state index in [4.69, 9.17) is 4.52 Å². The van der Waals surface area contributed by atoms with Crippen molar-refractivity contribution in [1.29, 1.82) is 0 Å². The van der Waals surface area contributed by atoms with Gasteiger partial charge in [0.25, 0.3) is 0 Å². The van der Waals surface area contributed by atoms with Gasteiger partial charge in [-0.3, -0.25) is 0 Å². The number of hydrogen-bond acceptors (Lipinski definition) is 3. The molecular formula is C11H20N2O. The number of hydrogen-bond donors (Lipinski definition) is 0. The van der Waals surface area contributed by atoms with Gasteiger partial charge >= 0.3 is 0 Å². The highest BCUT2D eigenvalue weighted by Crippen LogP contribution is 2.15. The van der Waals surface area contributed by atoms with E-state index in [1.54, 1.807) is 0 Å². The van der Waals surface area contributed by atoms with Crippen molar-refractivity contribution in [3.8, 4) is 0 Å². The Balaban J connectivity index is 2.51. The van der Waals surface area contributed by atoms with E-state index in [9.17, 15) is 0 Å². The SMILES string of the molecule is CCCN(C)Cc1cc(C(C)C)on1. The van der Waals surface area contributed by atoms with Crippen molar-refractivity contribution >= 4 is 0 Å². The molecule has 1 rings (SSSR count). The van der Waals surface area contributed by atoms with Gasteiger partial charge in [-0.05, 0) is 20.0 Å². The lowest BCUT2D eigenvalue weighted by atomic mass is 10.1. The third-order valence-corrected chi connectivity index (χ3v) is 2.18. The number of aromatic nitrogens is 1. The van der Waals surface area contributed by atoms with Crippen LogP contribution in [0.5, 0.6) is 0 Å². The molecule has 0 aromatic carbocycles. The van der Waals surface area contributed by atoms with Crippen molar-refractivity contribution in [3.05, 3.63) is 17.5 Å². The van der Waals surface area contributed by atoms with E-state index in [1.807, 2.05) is 0 Å². The van der Waals surface area contributed by atoms with Crippen LogP contribution in [0.25, 0.3) is 0 Å². The van der Waals surface area contributed by atoms with Crippen LogP contribution >= 0.6 is 0 Å². The van der Waals surface area contributed by atoms with Gasteiger partial charge in [-0.15, -0.1) is 0 Å². The lowest BCUT2D eigenvalue weighted by Gasteiger charge is -2.12. The molecule has 1 aromatic heterocycles. The van der Waals surface area contributed by atoms with E-state index >= 15 is 0 Å². The summed E-state index contributed by atoms with van der Waals surface area (Å²) in [6, 6.07) is 2.05. The van der Waals surface area contributed by atoms with Gasteiger partial charge in [0.05, 0.1) is 5.69 Å². The Morgan fingerprint density at radius 1 is 1.50 bits per heavy atom. The minimum Gasteiger partial charge on any atom is -0.361 e. The first-order valence-electron chi connectivity index (χ1n) is 5.27. The molecule has 0 radical (unpaired) electrons. The number of nitrogens with zero attached hydrogens (tertiary/aromatic N) is 2. The molecule has 0 aliphatic rings. The maximum atomic E-state index is 5.23. The molecule has 0 spiro atoms. The molecule has 80 valence electrons. The van der Waals surface area contributed by atoms with Gasteiger partial charge in [0, 0.05) is 18.5 Å². The minimum atomic E-state index is 0.424. The predicted molar refractivity (Wildman–Crippen MR) is 57.2 cm³/mol. The molecule has 0 amide bonds. The van der Waals surface area contributed by atoms with E-state index in [1.165, 1.54) is 6.42 Å². The molecule has 0 aliphatic heterocycles.